The lowest BCUT2D eigenvalue weighted by Crippen LogP contribution is -2.31. The second-order valence-corrected chi connectivity index (χ2v) is 2.42. The minimum Gasteiger partial charge on any atom is -0.333 e. The van der Waals surface area contributed by atoms with Gasteiger partial charge < -0.3 is 4.90 Å². The Hall–Kier alpha value is -0.790. The van der Waals surface area contributed by atoms with Gasteiger partial charge in [-0.1, -0.05) is 12.2 Å². The first-order chi connectivity index (χ1) is 4.25. The van der Waals surface area contributed by atoms with E-state index in [0.29, 0.717) is 0 Å². The van der Waals surface area contributed by atoms with Gasteiger partial charge in [-0.15, -0.1) is 0 Å². The van der Waals surface area contributed by atoms with Gasteiger partial charge in [-0.05, 0) is 13.8 Å². The Labute approximate surface area is 55.2 Å². The Bertz CT molecular complexity index is 130. The van der Waals surface area contributed by atoms with Gasteiger partial charge in [0.1, 0.15) is 0 Å². The Morgan fingerprint density at radius 3 is 2.00 bits per heavy atom. The fourth-order valence-corrected chi connectivity index (χ4v) is 1.08. The van der Waals surface area contributed by atoms with Gasteiger partial charge in [0.15, 0.2) is 0 Å². The van der Waals surface area contributed by atoms with Crippen LogP contribution in [0.2, 0.25) is 0 Å². The zero-order valence-corrected chi connectivity index (χ0v) is 5.74. The summed E-state index contributed by atoms with van der Waals surface area (Å²) in [4.78, 5) is 12.1. The predicted molar refractivity (Wildman–Crippen MR) is 36.0 cm³/mol. The molecule has 2 nitrogen and oxygen atoms in total. The van der Waals surface area contributed by atoms with E-state index in [1.165, 1.54) is 0 Å². The number of hydrogen-bond acceptors (Lipinski definition) is 1. The van der Waals surface area contributed by atoms with Crippen LogP contribution in [0.15, 0.2) is 12.2 Å². The first-order valence-electron chi connectivity index (χ1n) is 3.16. The molecule has 0 saturated heterocycles. The van der Waals surface area contributed by atoms with Crippen molar-refractivity contribution in [2.45, 2.75) is 25.9 Å². The van der Waals surface area contributed by atoms with Crippen molar-refractivity contribution in [3.63, 3.8) is 0 Å². The summed E-state index contributed by atoms with van der Waals surface area (Å²) < 4.78 is 0. The maximum absolute atomic E-state index is 10.3. The molecule has 2 heteroatoms. The SMILES string of the molecule is CC1C=CC(C)N1C=O. The lowest BCUT2D eigenvalue weighted by molar-refractivity contribution is -0.119. The van der Waals surface area contributed by atoms with Gasteiger partial charge in [0.2, 0.25) is 6.41 Å². The number of nitrogens with zero attached hydrogens (tertiary/aromatic N) is 1. The second-order valence-electron chi connectivity index (χ2n) is 2.42. The summed E-state index contributed by atoms with van der Waals surface area (Å²) in [6.07, 6.45) is 4.98. The van der Waals surface area contributed by atoms with E-state index in [-0.39, 0.29) is 12.1 Å². The average molecular weight is 125 g/mol. The minimum absolute atomic E-state index is 0.289. The predicted octanol–water partition coefficient (Wildman–Crippen LogP) is 0.792. The Kier molecular flexibility index (Phi) is 1.56. The molecule has 0 aromatic rings. The maximum atomic E-state index is 10.3. The van der Waals surface area contributed by atoms with Crippen LogP contribution in [0.1, 0.15) is 13.8 Å². The summed E-state index contributed by atoms with van der Waals surface area (Å²) in [6.45, 7) is 4.02. The van der Waals surface area contributed by atoms with Crippen molar-refractivity contribution in [2.75, 3.05) is 0 Å². The zero-order chi connectivity index (χ0) is 6.85. The average Bonchev–Trinajstić information content (AvgIpc) is 2.12. The molecule has 0 radical (unpaired) electrons. The summed E-state index contributed by atoms with van der Waals surface area (Å²) >= 11 is 0. The van der Waals surface area contributed by atoms with E-state index in [1.807, 2.05) is 26.0 Å². The summed E-state index contributed by atoms with van der Waals surface area (Å²) in [7, 11) is 0. The fourth-order valence-electron chi connectivity index (χ4n) is 1.08. The molecule has 0 aromatic carbocycles. The summed E-state index contributed by atoms with van der Waals surface area (Å²) in [5.41, 5.74) is 0. The van der Waals surface area contributed by atoms with Crippen LogP contribution in [0.3, 0.4) is 0 Å². The van der Waals surface area contributed by atoms with Gasteiger partial charge in [-0.3, -0.25) is 4.79 Å². The quantitative estimate of drug-likeness (QED) is 0.375. The van der Waals surface area contributed by atoms with Gasteiger partial charge in [0.25, 0.3) is 0 Å². The van der Waals surface area contributed by atoms with E-state index in [0.717, 1.165) is 6.41 Å². The third-order valence-corrected chi connectivity index (χ3v) is 1.73. The van der Waals surface area contributed by atoms with E-state index >= 15 is 0 Å². The molecule has 9 heavy (non-hydrogen) atoms. The molecule has 1 aliphatic heterocycles. The van der Waals surface area contributed by atoms with Crippen LogP contribution in [0.25, 0.3) is 0 Å². The van der Waals surface area contributed by atoms with Crippen LogP contribution in [0, 0.1) is 0 Å². The number of carbonyl (C=O) groups excluding carboxylic acids is 1. The minimum atomic E-state index is 0.289. The van der Waals surface area contributed by atoms with E-state index < -0.39 is 0 Å². The fraction of sp³-hybridized carbons (Fsp3) is 0.571. The highest BCUT2D eigenvalue weighted by Crippen LogP contribution is 2.12. The molecule has 1 aliphatic rings. The molecule has 0 bridgehead atoms. The number of carbonyl (C=O) groups is 1. The van der Waals surface area contributed by atoms with Crippen molar-refractivity contribution < 1.29 is 4.79 Å². The van der Waals surface area contributed by atoms with Gasteiger partial charge in [0, 0.05) is 12.1 Å². The van der Waals surface area contributed by atoms with Gasteiger partial charge in [-0.25, -0.2) is 0 Å². The Morgan fingerprint density at radius 1 is 1.33 bits per heavy atom. The van der Waals surface area contributed by atoms with Crippen molar-refractivity contribution in [3.05, 3.63) is 12.2 Å². The van der Waals surface area contributed by atoms with Crippen LogP contribution in [0.4, 0.5) is 0 Å². The molecular weight excluding hydrogens is 114 g/mol. The van der Waals surface area contributed by atoms with Gasteiger partial charge >= 0.3 is 0 Å². The number of amides is 1. The van der Waals surface area contributed by atoms with E-state index in [1.54, 1.807) is 4.90 Å². The molecule has 1 amide bonds. The molecule has 0 N–H and O–H groups in total. The van der Waals surface area contributed by atoms with Crippen molar-refractivity contribution in [2.24, 2.45) is 0 Å². The molecule has 0 spiro atoms. The maximum Gasteiger partial charge on any atom is 0.210 e. The van der Waals surface area contributed by atoms with Crippen molar-refractivity contribution in [3.8, 4) is 0 Å². The molecule has 50 valence electrons. The van der Waals surface area contributed by atoms with Crippen LogP contribution in [-0.4, -0.2) is 23.4 Å². The van der Waals surface area contributed by atoms with E-state index in [4.69, 9.17) is 0 Å². The number of rotatable bonds is 1. The normalized spacial score (nSPS) is 33.3. The highest BCUT2D eigenvalue weighted by Gasteiger charge is 2.18. The van der Waals surface area contributed by atoms with Crippen LogP contribution in [-0.2, 0) is 4.79 Å². The smallest absolute Gasteiger partial charge is 0.210 e. The molecule has 2 unspecified atom stereocenters. The molecular formula is C7H11NO. The standard InChI is InChI=1S/C7H11NO/c1-6-3-4-7(2)8(6)5-9/h3-7H,1-2H3. The summed E-state index contributed by atoms with van der Waals surface area (Å²) in [5.74, 6) is 0. The highest BCUT2D eigenvalue weighted by molar-refractivity contribution is 5.51. The monoisotopic (exact) mass is 125 g/mol. The largest absolute Gasteiger partial charge is 0.333 e. The first kappa shape index (κ1) is 6.33. The second kappa shape index (κ2) is 2.21. The van der Waals surface area contributed by atoms with Crippen molar-refractivity contribution in [1.29, 1.82) is 0 Å². The molecule has 1 rings (SSSR count). The summed E-state index contributed by atoms with van der Waals surface area (Å²) in [6, 6.07) is 0.579. The molecule has 0 fully saturated rings. The molecule has 2 atom stereocenters. The summed E-state index contributed by atoms with van der Waals surface area (Å²) in [5, 5.41) is 0. The Balaban J connectivity index is 2.63. The topological polar surface area (TPSA) is 20.3 Å². The zero-order valence-electron chi connectivity index (χ0n) is 5.74. The molecule has 0 aromatic heterocycles. The van der Waals surface area contributed by atoms with E-state index in [2.05, 4.69) is 0 Å². The van der Waals surface area contributed by atoms with Gasteiger partial charge in [-0.2, -0.15) is 0 Å². The van der Waals surface area contributed by atoms with Crippen LogP contribution in [0.5, 0.6) is 0 Å². The van der Waals surface area contributed by atoms with Crippen LogP contribution < -0.4 is 0 Å². The molecule has 1 heterocycles. The molecule has 0 saturated carbocycles. The van der Waals surface area contributed by atoms with Crippen molar-refractivity contribution in [1.82, 2.24) is 4.90 Å². The lowest BCUT2D eigenvalue weighted by Gasteiger charge is -2.20. The van der Waals surface area contributed by atoms with Crippen LogP contribution >= 0.6 is 0 Å². The third kappa shape index (κ3) is 0.969. The molecule has 0 aliphatic carbocycles. The lowest BCUT2D eigenvalue weighted by atomic mass is 10.3. The highest BCUT2D eigenvalue weighted by atomic mass is 16.1. The Morgan fingerprint density at radius 2 is 1.78 bits per heavy atom. The first-order valence-corrected chi connectivity index (χ1v) is 3.16. The van der Waals surface area contributed by atoms with E-state index in [9.17, 15) is 4.79 Å². The van der Waals surface area contributed by atoms with Crippen molar-refractivity contribution >= 4 is 6.41 Å². The third-order valence-electron chi connectivity index (χ3n) is 1.73. The van der Waals surface area contributed by atoms with Gasteiger partial charge in [0.05, 0.1) is 0 Å². The number of hydrogen-bond donors (Lipinski definition) is 0.